The number of carboxylic acid groups (broad SMARTS) is 2. The molecule has 0 bridgehead atoms. The minimum Gasteiger partial charge on any atom is -0.480 e. The summed E-state index contributed by atoms with van der Waals surface area (Å²) in [5, 5.41) is 19.2. The summed E-state index contributed by atoms with van der Waals surface area (Å²) in [6.45, 7) is 0. The predicted molar refractivity (Wildman–Crippen MR) is 69.0 cm³/mol. The van der Waals surface area contributed by atoms with E-state index >= 15 is 0 Å². The Morgan fingerprint density at radius 2 is 1.20 bits per heavy atom. The maximum atomic E-state index is 11.8. The summed E-state index contributed by atoms with van der Waals surface area (Å²) >= 11 is 0. The maximum absolute atomic E-state index is 11.8. The molecule has 0 fully saturated rings. The third-order valence-corrected chi connectivity index (χ3v) is 3.44. The van der Waals surface area contributed by atoms with Gasteiger partial charge in [-0.25, -0.2) is 0 Å². The molecule has 0 saturated carbocycles. The standard InChI is InChI=1S/C15H10O5/c16-13(17)15(14(18)19)9-5-1-3-7-11(9)20-12-8-4-2-6-10(12)15/h1-8H,(H,16,17)(H,18,19). The third kappa shape index (κ3) is 1.37. The van der Waals surface area contributed by atoms with Crippen molar-refractivity contribution < 1.29 is 24.5 Å². The molecule has 2 N–H and O–H groups in total. The molecule has 1 aliphatic rings. The third-order valence-electron chi connectivity index (χ3n) is 3.44. The Hall–Kier alpha value is -2.82. The van der Waals surface area contributed by atoms with Gasteiger partial charge in [0.1, 0.15) is 11.5 Å². The molecule has 0 aliphatic carbocycles. The molecule has 100 valence electrons. The second-order valence-corrected chi connectivity index (χ2v) is 4.45. The Morgan fingerprint density at radius 3 is 1.60 bits per heavy atom. The van der Waals surface area contributed by atoms with Crippen molar-refractivity contribution in [3.05, 3.63) is 59.7 Å². The normalized spacial score (nSPS) is 14.6. The highest BCUT2D eigenvalue weighted by molar-refractivity contribution is 6.10. The minimum atomic E-state index is -2.15. The van der Waals surface area contributed by atoms with Crippen LogP contribution in [0.3, 0.4) is 0 Å². The Kier molecular flexibility index (Phi) is 2.50. The lowest BCUT2D eigenvalue weighted by atomic mass is 9.72. The van der Waals surface area contributed by atoms with Gasteiger partial charge in [0.15, 0.2) is 0 Å². The van der Waals surface area contributed by atoms with Crippen LogP contribution >= 0.6 is 0 Å². The molecule has 5 nitrogen and oxygen atoms in total. The van der Waals surface area contributed by atoms with E-state index in [0.717, 1.165) is 0 Å². The molecule has 2 aromatic rings. The van der Waals surface area contributed by atoms with Gasteiger partial charge >= 0.3 is 11.9 Å². The molecule has 0 atom stereocenters. The molecule has 0 spiro atoms. The largest absolute Gasteiger partial charge is 0.480 e. The van der Waals surface area contributed by atoms with Crippen molar-refractivity contribution in [3.63, 3.8) is 0 Å². The quantitative estimate of drug-likeness (QED) is 0.818. The van der Waals surface area contributed by atoms with Gasteiger partial charge in [0.25, 0.3) is 0 Å². The van der Waals surface area contributed by atoms with Gasteiger partial charge in [0.05, 0.1) is 0 Å². The van der Waals surface area contributed by atoms with E-state index in [-0.39, 0.29) is 22.6 Å². The van der Waals surface area contributed by atoms with Crippen LogP contribution in [-0.2, 0) is 15.0 Å². The summed E-state index contributed by atoms with van der Waals surface area (Å²) in [5.74, 6) is -2.38. The molecule has 0 radical (unpaired) electrons. The van der Waals surface area contributed by atoms with Crippen LogP contribution in [0.4, 0.5) is 0 Å². The van der Waals surface area contributed by atoms with Crippen LogP contribution in [-0.4, -0.2) is 22.2 Å². The van der Waals surface area contributed by atoms with Crippen molar-refractivity contribution >= 4 is 11.9 Å². The fraction of sp³-hybridized carbons (Fsp3) is 0.0667. The average molecular weight is 270 g/mol. The molecular weight excluding hydrogens is 260 g/mol. The summed E-state index contributed by atoms with van der Waals surface area (Å²) in [4.78, 5) is 23.6. The van der Waals surface area contributed by atoms with Crippen molar-refractivity contribution in [1.82, 2.24) is 0 Å². The van der Waals surface area contributed by atoms with Gasteiger partial charge in [0.2, 0.25) is 5.41 Å². The number of ether oxygens (including phenoxy) is 1. The molecule has 3 rings (SSSR count). The smallest absolute Gasteiger partial charge is 0.330 e. The summed E-state index contributed by atoms with van der Waals surface area (Å²) in [6, 6.07) is 12.6. The highest BCUT2D eigenvalue weighted by atomic mass is 16.5. The number of hydrogen-bond donors (Lipinski definition) is 2. The van der Waals surface area contributed by atoms with Crippen LogP contribution in [0.15, 0.2) is 48.5 Å². The average Bonchev–Trinajstić information content (AvgIpc) is 2.43. The van der Waals surface area contributed by atoms with E-state index in [1.54, 1.807) is 36.4 Å². The van der Waals surface area contributed by atoms with Crippen molar-refractivity contribution in [1.29, 1.82) is 0 Å². The lowest BCUT2D eigenvalue weighted by molar-refractivity contribution is -0.155. The Balaban J connectivity index is 2.44. The molecule has 0 aromatic heterocycles. The van der Waals surface area contributed by atoms with Gasteiger partial charge in [-0.3, -0.25) is 9.59 Å². The summed E-state index contributed by atoms with van der Waals surface area (Å²) < 4.78 is 5.61. The number of para-hydroxylation sites is 2. The van der Waals surface area contributed by atoms with E-state index < -0.39 is 17.4 Å². The monoisotopic (exact) mass is 270 g/mol. The maximum Gasteiger partial charge on any atom is 0.330 e. The number of carbonyl (C=O) groups is 2. The Bertz CT molecular complexity index is 658. The minimum absolute atomic E-state index is 0.124. The first-order chi connectivity index (χ1) is 9.58. The second-order valence-electron chi connectivity index (χ2n) is 4.45. The molecule has 2 aromatic carbocycles. The van der Waals surface area contributed by atoms with E-state index in [1.807, 2.05) is 0 Å². The van der Waals surface area contributed by atoms with Crippen molar-refractivity contribution in [2.45, 2.75) is 5.41 Å². The molecule has 1 heterocycles. The predicted octanol–water partition coefficient (Wildman–Crippen LogP) is 2.25. The molecule has 0 unspecified atom stereocenters. The zero-order valence-corrected chi connectivity index (χ0v) is 10.2. The first-order valence-electron chi connectivity index (χ1n) is 5.92. The van der Waals surface area contributed by atoms with Gasteiger partial charge < -0.3 is 14.9 Å². The van der Waals surface area contributed by atoms with Gasteiger partial charge in [-0.05, 0) is 12.1 Å². The number of rotatable bonds is 2. The highest BCUT2D eigenvalue weighted by Crippen LogP contribution is 2.48. The Morgan fingerprint density at radius 1 is 0.800 bits per heavy atom. The summed E-state index contributed by atoms with van der Waals surface area (Å²) in [5.41, 5.74) is -1.90. The number of benzene rings is 2. The molecule has 20 heavy (non-hydrogen) atoms. The molecule has 1 aliphatic heterocycles. The number of hydrogen-bond acceptors (Lipinski definition) is 3. The van der Waals surface area contributed by atoms with E-state index in [1.165, 1.54) is 12.1 Å². The van der Waals surface area contributed by atoms with Crippen molar-refractivity contribution in [2.24, 2.45) is 0 Å². The van der Waals surface area contributed by atoms with Crippen LogP contribution in [0.1, 0.15) is 11.1 Å². The summed E-state index contributed by atoms with van der Waals surface area (Å²) in [7, 11) is 0. The number of aliphatic carboxylic acids is 2. The van der Waals surface area contributed by atoms with Gasteiger partial charge in [0, 0.05) is 11.1 Å². The first-order valence-corrected chi connectivity index (χ1v) is 5.92. The molecule has 5 heteroatoms. The van der Waals surface area contributed by atoms with E-state index in [2.05, 4.69) is 0 Å². The van der Waals surface area contributed by atoms with E-state index in [4.69, 9.17) is 4.74 Å². The fourth-order valence-electron chi connectivity index (χ4n) is 2.55. The summed E-state index contributed by atoms with van der Waals surface area (Å²) in [6.07, 6.45) is 0. The second kappa shape index (κ2) is 4.09. The number of fused-ring (bicyclic) bond motifs is 2. The zero-order chi connectivity index (χ0) is 14.3. The van der Waals surface area contributed by atoms with Crippen LogP contribution in [0.25, 0.3) is 0 Å². The van der Waals surface area contributed by atoms with Gasteiger partial charge in [-0.15, -0.1) is 0 Å². The Labute approximate surface area is 114 Å². The van der Waals surface area contributed by atoms with Gasteiger partial charge in [-0.1, -0.05) is 36.4 Å². The number of carboxylic acids is 2. The molecule has 0 saturated heterocycles. The zero-order valence-electron chi connectivity index (χ0n) is 10.2. The fourth-order valence-corrected chi connectivity index (χ4v) is 2.55. The molecule has 0 amide bonds. The van der Waals surface area contributed by atoms with Crippen LogP contribution < -0.4 is 4.74 Å². The van der Waals surface area contributed by atoms with Gasteiger partial charge in [-0.2, -0.15) is 0 Å². The van der Waals surface area contributed by atoms with Crippen LogP contribution in [0.2, 0.25) is 0 Å². The van der Waals surface area contributed by atoms with E-state index in [0.29, 0.717) is 0 Å². The van der Waals surface area contributed by atoms with Crippen molar-refractivity contribution in [2.75, 3.05) is 0 Å². The topological polar surface area (TPSA) is 83.8 Å². The lowest BCUT2D eigenvalue weighted by Gasteiger charge is -2.33. The van der Waals surface area contributed by atoms with E-state index in [9.17, 15) is 19.8 Å². The highest BCUT2D eigenvalue weighted by Gasteiger charge is 2.55. The first kappa shape index (κ1) is 12.2. The van der Waals surface area contributed by atoms with Crippen LogP contribution in [0.5, 0.6) is 11.5 Å². The lowest BCUT2D eigenvalue weighted by Crippen LogP contribution is -2.46. The van der Waals surface area contributed by atoms with Crippen LogP contribution in [0, 0.1) is 0 Å². The SMILES string of the molecule is O=C(O)C1(C(=O)O)c2ccccc2Oc2ccccc21. The van der Waals surface area contributed by atoms with Crippen molar-refractivity contribution in [3.8, 4) is 11.5 Å². The molecular formula is C15H10O5.